The van der Waals surface area contributed by atoms with Gasteiger partial charge in [0.15, 0.2) is 12.4 Å². The first-order valence-corrected chi connectivity index (χ1v) is 21.7. The standard InChI is InChI=1S/C47H68O14/c1-6-7-8-9-13-18-41(50)60-45-35(28-42(51)54-5)27-39-30-40(32-48)57-33(2)26-36(49)20-24-55-25-21-37-29-38(31-43(52)56-23-14-17-34-15-11-10-12-16-34)59-44(58-37)19-22-46(3,4)47(45,53)61-39/h10-12,14-17,19,22,28,36-40,44-45,48-49,53H,2,6-9,13,18,20-21,23-27,29-32H2,1,3-5H3/b17-14+,22-19+,35-28+/t36-,37-,38-,39?,40-,44-,45+,47-/m1/s1. The van der Waals surface area contributed by atoms with E-state index < -0.39 is 72.5 Å². The van der Waals surface area contributed by atoms with Crippen molar-refractivity contribution >= 4 is 24.0 Å². The first-order chi connectivity index (χ1) is 29.2. The molecule has 0 saturated carbocycles. The number of aliphatic hydroxyl groups excluding tert-OH is 2. The number of hydrogen-bond donors (Lipinski definition) is 3. The fraction of sp³-hybridized carbons (Fsp3) is 0.638. The summed E-state index contributed by atoms with van der Waals surface area (Å²) in [6, 6.07) is 9.67. The molecule has 3 aliphatic heterocycles. The smallest absolute Gasteiger partial charge is 0.330 e. The van der Waals surface area contributed by atoms with Gasteiger partial charge in [-0.3, -0.25) is 9.59 Å². The van der Waals surface area contributed by atoms with Crippen molar-refractivity contribution in [3.63, 3.8) is 0 Å². The highest BCUT2D eigenvalue weighted by Crippen LogP contribution is 2.47. The molecule has 14 heteroatoms. The molecule has 1 aromatic carbocycles. The molecule has 0 spiro atoms. The summed E-state index contributed by atoms with van der Waals surface area (Å²) in [7, 11) is 1.22. The highest BCUT2D eigenvalue weighted by atomic mass is 16.7. The van der Waals surface area contributed by atoms with Gasteiger partial charge in [0.2, 0.25) is 5.79 Å². The lowest BCUT2D eigenvalue weighted by Gasteiger charge is -2.51. The van der Waals surface area contributed by atoms with E-state index in [4.69, 9.17) is 37.9 Å². The Bertz CT molecular complexity index is 1620. The Morgan fingerprint density at radius 3 is 2.43 bits per heavy atom. The third kappa shape index (κ3) is 16.4. The molecule has 2 saturated heterocycles. The minimum absolute atomic E-state index is 0.0221. The molecule has 4 rings (SSSR count). The minimum Gasteiger partial charge on any atom is -0.493 e. The maximum Gasteiger partial charge on any atom is 0.330 e. The van der Waals surface area contributed by atoms with E-state index in [2.05, 4.69) is 13.5 Å². The molecule has 0 radical (unpaired) electrons. The van der Waals surface area contributed by atoms with Crippen LogP contribution in [0.15, 0.2) is 72.5 Å². The molecule has 1 aromatic rings. The number of carbonyl (C=O) groups excluding carboxylic acids is 3. The average molecular weight is 857 g/mol. The Hall–Kier alpha value is -3.89. The van der Waals surface area contributed by atoms with Crippen molar-refractivity contribution in [2.45, 2.75) is 153 Å². The number of rotatable bonds is 14. The predicted octanol–water partition coefficient (Wildman–Crippen LogP) is 6.41. The zero-order valence-electron chi connectivity index (χ0n) is 36.4. The van der Waals surface area contributed by atoms with Gasteiger partial charge in [0, 0.05) is 50.4 Å². The molecule has 3 N–H and O–H groups in total. The van der Waals surface area contributed by atoms with Crippen molar-refractivity contribution < 1.29 is 67.6 Å². The lowest BCUT2D eigenvalue weighted by Crippen LogP contribution is -2.62. The van der Waals surface area contributed by atoms with Crippen LogP contribution >= 0.6 is 0 Å². The zero-order valence-corrected chi connectivity index (χ0v) is 36.4. The summed E-state index contributed by atoms with van der Waals surface area (Å²) >= 11 is 0. The number of hydrogen-bond acceptors (Lipinski definition) is 14. The highest BCUT2D eigenvalue weighted by Gasteiger charge is 2.57. The third-order valence-corrected chi connectivity index (χ3v) is 11.1. The second-order valence-electron chi connectivity index (χ2n) is 16.6. The molecule has 4 bridgehead atoms. The van der Waals surface area contributed by atoms with Crippen molar-refractivity contribution in [3.05, 3.63) is 78.1 Å². The molecule has 0 aromatic heterocycles. The fourth-order valence-electron chi connectivity index (χ4n) is 7.60. The van der Waals surface area contributed by atoms with Gasteiger partial charge < -0.3 is 53.2 Å². The quantitative estimate of drug-likeness (QED) is 0.0613. The normalized spacial score (nSPS) is 30.2. The van der Waals surface area contributed by atoms with Crippen LogP contribution in [0.25, 0.3) is 6.08 Å². The Kier molecular flexibility index (Phi) is 20.6. The molecule has 3 aliphatic rings. The van der Waals surface area contributed by atoms with Crippen LogP contribution in [0, 0.1) is 5.41 Å². The number of fused-ring (bicyclic) bond motifs is 4. The fourth-order valence-corrected chi connectivity index (χ4v) is 7.60. The van der Waals surface area contributed by atoms with E-state index in [0.29, 0.717) is 32.3 Å². The van der Waals surface area contributed by atoms with Crippen LogP contribution in [0.1, 0.15) is 110 Å². The monoisotopic (exact) mass is 856 g/mol. The molecule has 0 aliphatic carbocycles. The number of esters is 3. The first kappa shape index (κ1) is 49.8. The summed E-state index contributed by atoms with van der Waals surface area (Å²) in [6.45, 7) is 9.65. The molecule has 61 heavy (non-hydrogen) atoms. The summed E-state index contributed by atoms with van der Waals surface area (Å²) in [5, 5.41) is 34.0. The number of unbranched alkanes of at least 4 members (excludes halogenated alkanes) is 4. The Balaban J connectivity index is 1.64. The van der Waals surface area contributed by atoms with E-state index in [1.807, 2.05) is 36.4 Å². The van der Waals surface area contributed by atoms with Gasteiger partial charge in [0.05, 0.1) is 50.3 Å². The van der Waals surface area contributed by atoms with Crippen molar-refractivity contribution in [1.82, 2.24) is 0 Å². The van der Waals surface area contributed by atoms with Gasteiger partial charge in [-0.2, -0.15) is 0 Å². The van der Waals surface area contributed by atoms with E-state index in [0.717, 1.165) is 31.2 Å². The lowest BCUT2D eigenvalue weighted by atomic mass is 9.74. The van der Waals surface area contributed by atoms with Crippen LogP contribution in [-0.4, -0.2) is 115 Å². The molecule has 2 fully saturated rings. The minimum atomic E-state index is -2.30. The second kappa shape index (κ2) is 25.3. The number of aliphatic hydroxyl groups is 3. The Morgan fingerprint density at radius 2 is 1.69 bits per heavy atom. The number of carbonyl (C=O) groups is 3. The number of methoxy groups -OCH3 is 1. The van der Waals surface area contributed by atoms with Crippen LogP contribution in [0.2, 0.25) is 0 Å². The Morgan fingerprint density at radius 1 is 0.951 bits per heavy atom. The molecule has 0 amide bonds. The van der Waals surface area contributed by atoms with Gasteiger partial charge in [-0.05, 0) is 49.0 Å². The summed E-state index contributed by atoms with van der Waals surface area (Å²) in [6.07, 6.45) is 7.97. The zero-order chi connectivity index (χ0) is 44.3. The summed E-state index contributed by atoms with van der Waals surface area (Å²) < 4.78 is 47.5. The summed E-state index contributed by atoms with van der Waals surface area (Å²) in [5.74, 6) is -3.79. The largest absolute Gasteiger partial charge is 0.493 e. The van der Waals surface area contributed by atoms with Gasteiger partial charge in [0.1, 0.15) is 12.7 Å². The lowest BCUT2D eigenvalue weighted by molar-refractivity contribution is -0.327. The number of benzene rings is 1. The van der Waals surface area contributed by atoms with Crippen LogP contribution in [0.4, 0.5) is 0 Å². The van der Waals surface area contributed by atoms with Crippen molar-refractivity contribution in [3.8, 4) is 0 Å². The van der Waals surface area contributed by atoms with Crippen molar-refractivity contribution in [2.24, 2.45) is 5.41 Å². The van der Waals surface area contributed by atoms with Gasteiger partial charge in [-0.1, -0.05) is 95.5 Å². The molecule has 340 valence electrons. The van der Waals surface area contributed by atoms with E-state index in [1.165, 1.54) is 13.2 Å². The van der Waals surface area contributed by atoms with Gasteiger partial charge in [-0.15, -0.1) is 0 Å². The SMILES string of the molecule is C=C1C[C@H](O)CCOCC[C@@H]2C[C@H](CC(=O)OC/C=C/c3ccccc3)O[C@H](/C=C/C(C)(C)[C@]3(O)OC(C/C(=C\C(=O)OC)[C@@H]3OC(=O)CCCCCCC)C[C@H](CO)O1)O2. The Labute approximate surface area is 360 Å². The van der Waals surface area contributed by atoms with Crippen LogP contribution < -0.4 is 0 Å². The summed E-state index contributed by atoms with van der Waals surface area (Å²) in [4.78, 5) is 39.3. The third-order valence-electron chi connectivity index (χ3n) is 11.1. The topological polar surface area (TPSA) is 186 Å². The van der Waals surface area contributed by atoms with Crippen molar-refractivity contribution in [2.75, 3.05) is 33.5 Å². The second-order valence-corrected chi connectivity index (χ2v) is 16.6. The molecule has 14 nitrogen and oxygen atoms in total. The summed E-state index contributed by atoms with van der Waals surface area (Å²) in [5.41, 5.74) is -0.140. The first-order valence-electron chi connectivity index (χ1n) is 21.7. The number of ether oxygens (including phenoxy) is 8. The molecular formula is C47H68O14. The van der Waals surface area contributed by atoms with Gasteiger partial charge >= 0.3 is 17.9 Å². The van der Waals surface area contributed by atoms with Crippen LogP contribution in [0.3, 0.4) is 0 Å². The molecular weight excluding hydrogens is 789 g/mol. The van der Waals surface area contributed by atoms with E-state index in [-0.39, 0.29) is 62.8 Å². The van der Waals surface area contributed by atoms with E-state index >= 15 is 0 Å². The molecule has 8 atom stereocenters. The van der Waals surface area contributed by atoms with Gasteiger partial charge in [0.25, 0.3) is 0 Å². The molecule has 3 heterocycles. The predicted molar refractivity (Wildman–Crippen MR) is 226 cm³/mol. The van der Waals surface area contributed by atoms with E-state index in [9.17, 15) is 29.7 Å². The van der Waals surface area contributed by atoms with Gasteiger partial charge in [-0.25, -0.2) is 4.79 Å². The maximum absolute atomic E-state index is 13.5. The highest BCUT2D eigenvalue weighted by molar-refractivity contribution is 5.83. The van der Waals surface area contributed by atoms with E-state index in [1.54, 1.807) is 32.1 Å². The van der Waals surface area contributed by atoms with Crippen LogP contribution in [-0.2, 0) is 52.3 Å². The van der Waals surface area contributed by atoms with Crippen molar-refractivity contribution in [1.29, 1.82) is 0 Å². The maximum atomic E-state index is 13.5. The average Bonchev–Trinajstić information content (AvgIpc) is 3.22. The van der Waals surface area contributed by atoms with Crippen LogP contribution in [0.5, 0.6) is 0 Å². The molecule has 1 unspecified atom stereocenters.